The Bertz CT molecular complexity index is 6210. The van der Waals surface area contributed by atoms with Crippen molar-refractivity contribution in [3.8, 4) is 23.8 Å². The third-order valence-corrected chi connectivity index (χ3v) is 24.7. The average Bonchev–Trinajstić information content (AvgIpc) is 1.75. The van der Waals surface area contributed by atoms with Crippen LogP contribution in [0.25, 0.3) is 81.3 Å². The van der Waals surface area contributed by atoms with Crippen LogP contribution in [-0.2, 0) is 24.0 Å². The number of nitrogens with one attached hydrogen (secondary N) is 5. The van der Waals surface area contributed by atoms with E-state index in [1.165, 1.54) is 37.1 Å². The molecule has 5 amide bonds. The van der Waals surface area contributed by atoms with E-state index in [0.29, 0.717) is 104 Å². The first-order valence-electron chi connectivity index (χ1n) is 43.1. The van der Waals surface area contributed by atoms with Crippen LogP contribution in [0.1, 0.15) is 230 Å². The predicted octanol–water partition coefficient (Wildman–Crippen LogP) is 21.9. The van der Waals surface area contributed by atoms with Crippen LogP contribution in [0.2, 0.25) is 0 Å². The molecule has 7 heterocycles. The Morgan fingerprint density at radius 3 is 1.03 bits per heavy atom. The molecule has 0 aliphatic heterocycles. The van der Waals surface area contributed by atoms with Gasteiger partial charge in [-0.15, -0.1) is 0 Å². The number of carbonyl (C=O) groups excluding carboxylic acids is 5. The number of nitriles is 2. The third-order valence-electron chi connectivity index (χ3n) is 24.7. The number of hydrogen-bond donors (Lipinski definition) is 6. The van der Waals surface area contributed by atoms with E-state index in [1.54, 1.807) is 70.7 Å². The lowest BCUT2D eigenvalue weighted by atomic mass is 9.72. The van der Waals surface area contributed by atoms with Gasteiger partial charge in [0, 0.05) is 42.3 Å². The second-order valence-corrected chi connectivity index (χ2v) is 38.1. The maximum atomic E-state index is 13.3. The molecule has 12 aromatic rings. The van der Waals surface area contributed by atoms with E-state index >= 15 is 0 Å². The number of aliphatic hydroxyl groups is 1. The summed E-state index contributed by atoms with van der Waals surface area (Å²) in [4.78, 5) is 104. The minimum Gasteiger partial charge on any atom is -0.389 e. The lowest BCUT2D eigenvalue weighted by molar-refractivity contribution is -0.125. The number of aromatic nitrogens is 12. The van der Waals surface area contributed by atoms with Crippen LogP contribution in [0.5, 0.6) is 0 Å². The molecule has 6 N–H and O–H groups in total. The van der Waals surface area contributed by atoms with Crippen LogP contribution in [0.3, 0.4) is 0 Å². The van der Waals surface area contributed by atoms with Gasteiger partial charge < -0.3 is 18.8 Å². The van der Waals surface area contributed by atoms with Crippen molar-refractivity contribution in [2.75, 3.05) is 26.6 Å². The monoisotopic (exact) mass is 1720 g/mol. The first kappa shape index (κ1) is 92.5. The highest BCUT2D eigenvalue weighted by atomic mass is 19.1. The standard InChI is InChI=1S/C20H20FN5O.C20H24N4O2.C19H18FN5O.2C19H24N4O/c1-12(20(2,3)4)18(27)25-19-24-15-8-7-14(22-5)10-16(15)26(19)17-9-6-13(21)11-23-17;1-20(26,13-5-3-6-13)12-18(25)23-19-22-16-10-9-14(21-2)11-17(16)24(19)15-7-4-8-15;1-19(2,3)10-17(26)24-18-23-14-7-6-13(21-4)9-15(14)25(18)16-8-5-12(20)11-22-16;2*1-12(19(2,3)4)17(24)22-18-21-15-9-8-13(11-20)10-16(15)23(18)14-6-5-7-14/h6-12H,1-4H3,(H,24,25,27);9-11,13,15,26H,3-8,12H2,1H3,(H,22,23,25);5-9,11H,10H2,1-3H3,(H,23,24,26);2*8-10,12,14H,5-7H2,1-4H3,(H,21,22,24)/t12-;;;12-;/m1..0./s1. The molecule has 0 spiro atoms. The Labute approximate surface area is 738 Å². The Kier molecular flexibility index (Phi) is 27.7. The minimum absolute atomic E-state index is 0.0149. The van der Waals surface area contributed by atoms with Gasteiger partial charge in [-0.05, 0) is 202 Å². The normalized spacial score (nSPS) is 15.3. The lowest BCUT2D eigenvalue weighted by Gasteiger charge is -2.38. The number of carbonyl (C=O) groups is 5. The zero-order valence-electron chi connectivity index (χ0n) is 74.9. The predicted molar refractivity (Wildman–Crippen MR) is 489 cm³/mol. The van der Waals surface area contributed by atoms with Gasteiger partial charge in [0.1, 0.15) is 23.3 Å². The summed E-state index contributed by atoms with van der Waals surface area (Å²) in [5, 5.41) is 43.6. The van der Waals surface area contributed by atoms with E-state index in [9.17, 15) is 37.9 Å². The zero-order chi connectivity index (χ0) is 91.9. The van der Waals surface area contributed by atoms with Gasteiger partial charge in [0.25, 0.3) is 0 Å². The Morgan fingerprint density at radius 2 is 0.724 bits per heavy atom. The summed E-state index contributed by atoms with van der Waals surface area (Å²) < 4.78 is 36.1. The molecule has 16 rings (SSSR count). The molecule has 4 atom stereocenters. The smallest absolute Gasteiger partial charge is 0.230 e. The number of hydrogen-bond acceptors (Lipinski definition) is 15. The third kappa shape index (κ3) is 21.7. The summed E-state index contributed by atoms with van der Waals surface area (Å²) in [5.74, 6) is 1.31. The van der Waals surface area contributed by atoms with Gasteiger partial charge in [0.2, 0.25) is 59.3 Å². The number of benzene rings is 5. The van der Waals surface area contributed by atoms with Gasteiger partial charge in [-0.1, -0.05) is 128 Å². The molecule has 30 heteroatoms. The van der Waals surface area contributed by atoms with E-state index in [1.807, 2.05) is 98.7 Å². The number of rotatable bonds is 17. The van der Waals surface area contributed by atoms with Crippen molar-refractivity contribution in [2.24, 2.45) is 45.3 Å². The van der Waals surface area contributed by atoms with Gasteiger partial charge >= 0.3 is 0 Å². The summed E-state index contributed by atoms with van der Waals surface area (Å²) in [6, 6.07) is 37.4. The summed E-state index contributed by atoms with van der Waals surface area (Å²) in [7, 11) is 0. The number of pyridine rings is 2. The number of imidazole rings is 5. The topological polar surface area (TPSA) is 341 Å². The van der Waals surface area contributed by atoms with Crippen LogP contribution in [0.15, 0.2) is 128 Å². The molecule has 28 nitrogen and oxygen atoms in total. The van der Waals surface area contributed by atoms with Crippen LogP contribution < -0.4 is 26.6 Å². The summed E-state index contributed by atoms with van der Waals surface area (Å²) in [6.07, 6.45) is 15.7. The molecule has 4 aliphatic rings. The maximum Gasteiger partial charge on any atom is 0.230 e. The van der Waals surface area contributed by atoms with Crippen molar-refractivity contribution in [3.63, 3.8) is 0 Å². The fourth-order valence-electron chi connectivity index (χ4n) is 14.8. The van der Waals surface area contributed by atoms with Crippen LogP contribution >= 0.6 is 0 Å². The van der Waals surface area contributed by atoms with E-state index in [0.717, 1.165) is 110 Å². The molecular weight excluding hydrogens is 1610 g/mol. The molecule has 4 aliphatic carbocycles. The van der Waals surface area contributed by atoms with Gasteiger partial charge in [-0.2, -0.15) is 10.5 Å². The minimum atomic E-state index is -0.965. The van der Waals surface area contributed by atoms with Crippen LogP contribution in [0, 0.1) is 99.3 Å². The van der Waals surface area contributed by atoms with Crippen molar-refractivity contribution in [2.45, 2.75) is 224 Å². The molecule has 658 valence electrons. The van der Waals surface area contributed by atoms with Crippen molar-refractivity contribution < 1.29 is 37.9 Å². The molecule has 0 radical (unpaired) electrons. The second-order valence-electron chi connectivity index (χ2n) is 38.1. The van der Waals surface area contributed by atoms with E-state index < -0.39 is 17.2 Å². The second kappa shape index (κ2) is 38.1. The van der Waals surface area contributed by atoms with Crippen molar-refractivity contribution in [1.29, 1.82) is 10.5 Å². The first-order valence-corrected chi connectivity index (χ1v) is 43.1. The quantitative estimate of drug-likeness (QED) is 0.0461. The molecule has 4 fully saturated rings. The Balaban J connectivity index is 0.000000144. The summed E-state index contributed by atoms with van der Waals surface area (Å²) >= 11 is 0. The van der Waals surface area contributed by atoms with Crippen molar-refractivity contribution >= 4 is 132 Å². The van der Waals surface area contributed by atoms with Crippen LogP contribution in [-0.4, -0.2) is 98.0 Å². The molecule has 2 unspecified atom stereocenters. The zero-order valence-corrected chi connectivity index (χ0v) is 74.9. The fourth-order valence-corrected chi connectivity index (χ4v) is 14.8. The van der Waals surface area contributed by atoms with Crippen molar-refractivity contribution in [3.05, 3.63) is 185 Å². The highest BCUT2D eigenvalue weighted by molar-refractivity contribution is 5.98. The molecule has 4 saturated carbocycles. The molecule has 127 heavy (non-hydrogen) atoms. The highest BCUT2D eigenvalue weighted by Crippen LogP contribution is 2.44. The van der Waals surface area contributed by atoms with Gasteiger partial charge in [0.05, 0.1) is 123 Å². The molecule has 5 aromatic carbocycles. The molecule has 0 saturated heterocycles. The van der Waals surface area contributed by atoms with Crippen molar-refractivity contribution in [1.82, 2.24) is 57.7 Å². The number of amides is 5. The molecule has 0 bridgehead atoms. The molecular formula is C97H110F2N22O6. The first-order chi connectivity index (χ1) is 60.1. The van der Waals surface area contributed by atoms with Gasteiger partial charge in [-0.3, -0.25) is 59.7 Å². The number of fused-ring (bicyclic) bond motifs is 5. The maximum absolute atomic E-state index is 13.3. The number of anilines is 5. The van der Waals surface area contributed by atoms with E-state index in [-0.39, 0.29) is 93.2 Å². The number of nitrogens with zero attached hydrogens (tertiary/aromatic N) is 17. The molecule has 7 aromatic heterocycles. The Hall–Kier alpha value is -13.6. The highest BCUT2D eigenvalue weighted by Gasteiger charge is 2.40. The summed E-state index contributed by atoms with van der Waals surface area (Å²) in [6.45, 7) is 53.4. The van der Waals surface area contributed by atoms with Gasteiger partial charge in [-0.25, -0.2) is 58.2 Å². The lowest BCUT2D eigenvalue weighted by Crippen LogP contribution is -2.42. The van der Waals surface area contributed by atoms with E-state index in [2.05, 4.69) is 143 Å². The summed E-state index contributed by atoms with van der Waals surface area (Å²) in [5.41, 5.74) is 8.72. The Morgan fingerprint density at radius 1 is 0.425 bits per heavy atom. The number of halogens is 2. The van der Waals surface area contributed by atoms with Gasteiger partial charge in [0.15, 0.2) is 17.1 Å². The average molecular weight is 1720 g/mol. The van der Waals surface area contributed by atoms with Crippen LogP contribution in [0.4, 0.5) is 55.6 Å². The fraction of sp³-hybridized carbons (Fsp3) is 0.433. The SMILES string of the molecule is CC(C(=O)Nc1nc2ccc(C#N)cc2n1C1CCC1)C(C)(C)C.C[C@@H](C(=O)Nc1nc2ccc(C#N)cc2n1C1CCC1)C(C)(C)C.[C-]#[N+]c1ccc2nc(NC(=O)CC(C)(C)C)n(-c3ccc(F)cn3)c2c1.[C-]#[N+]c1ccc2nc(NC(=O)CC(C)(O)C3CCC3)n(C3CCC3)c2c1.[C-]#[N+]c1ccc2nc(NC(=O)[C@@H](C)C(C)(C)C)n(-c3ccc(F)cn3)c2c1. The van der Waals surface area contributed by atoms with E-state index in [4.69, 9.17) is 30.2 Å². The largest absolute Gasteiger partial charge is 0.389 e.